The lowest BCUT2D eigenvalue weighted by Crippen LogP contribution is -2.24. The van der Waals surface area contributed by atoms with Crippen LogP contribution in [0.2, 0.25) is 0 Å². The molecule has 1 aliphatic heterocycles. The number of likely N-dealkylation sites (tertiary alicyclic amines) is 1. The fourth-order valence-corrected chi connectivity index (χ4v) is 2.88. The van der Waals surface area contributed by atoms with Crippen LogP contribution in [0.3, 0.4) is 0 Å². The zero-order valence-corrected chi connectivity index (χ0v) is 16.2. The highest BCUT2D eigenvalue weighted by atomic mass is 16.1. The third kappa shape index (κ3) is 6.46. The number of hydrogen-bond acceptors (Lipinski definition) is 5. The smallest absolute Gasteiger partial charge is 0.133 e. The lowest BCUT2D eigenvalue weighted by atomic mass is 10.1. The third-order valence-electron chi connectivity index (χ3n) is 4.43. The Hall–Kier alpha value is -2.79. The molecule has 0 saturated carbocycles. The molecule has 1 saturated heterocycles. The molecule has 0 radical (unpaired) electrons. The molecule has 2 aromatic heterocycles. The Kier molecular flexibility index (Phi) is 8.39. The summed E-state index contributed by atoms with van der Waals surface area (Å²) in [6.45, 7) is 8.91. The third-order valence-corrected chi connectivity index (χ3v) is 4.43. The number of rotatable bonds is 5. The normalized spacial score (nSPS) is 15.2. The van der Waals surface area contributed by atoms with Crippen molar-refractivity contribution in [3.05, 3.63) is 58.9 Å². The number of aldehydes is 1. The van der Waals surface area contributed by atoms with Gasteiger partial charge in [-0.3, -0.25) is 9.88 Å². The van der Waals surface area contributed by atoms with Gasteiger partial charge < -0.3 is 10.1 Å². The van der Waals surface area contributed by atoms with Crippen LogP contribution in [0.4, 0.5) is 5.82 Å². The molecule has 3 heterocycles. The summed E-state index contributed by atoms with van der Waals surface area (Å²) in [6, 6.07) is 5.97. The predicted molar refractivity (Wildman–Crippen MR) is 113 cm³/mol. The molecule has 1 fully saturated rings. The highest BCUT2D eigenvalue weighted by Crippen LogP contribution is 2.13. The molecule has 0 aromatic carbocycles. The van der Waals surface area contributed by atoms with Gasteiger partial charge in [0.15, 0.2) is 0 Å². The van der Waals surface area contributed by atoms with Crippen LogP contribution in [0.15, 0.2) is 42.9 Å². The van der Waals surface area contributed by atoms with Crippen molar-refractivity contribution in [1.82, 2.24) is 14.9 Å². The van der Waals surface area contributed by atoms with Crippen molar-refractivity contribution in [2.45, 2.75) is 19.8 Å². The number of allylic oxidation sites excluding steroid dienone is 2. The molecule has 5 nitrogen and oxygen atoms in total. The lowest BCUT2D eigenvalue weighted by molar-refractivity contribution is -0.108. The average Bonchev–Trinajstić information content (AvgIpc) is 3.22. The molecule has 142 valence electrons. The maximum atomic E-state index is 9.92. The Labute approximate surface area is 161 Å². The van der Waals surface area contributed by atoms with Gasteiger partial charge in [-0.25, -0.2) is 4.98 Å². The Morgan fingerprint density at radius 2 is 2.11 bits per heavy atom. The summed E-state index contributed by atoms with van der Waals surface area (Å²) in [5, 5.41) is 4.99. The highest BCUT2D eigenvalue weighted by Gasteiger charge is 2.08. The number of carbonyl (C=O) groups excluding carboxylic acids is 1. The van der Waals surface area contributed by atoms with Gasteiger partial charge in [-0.15, -0.1) is 0 Å². The van der Waals surface area contributed by atoms with Crippen LogP contribution in [0.25, 0.3) is 18.2 Å². The molecule has 5 heteroatoms. The van der Waals surface area contributed by atoms with Gasteiger partial charge in [0.1, 0.15) is 12.1 Å². The van der Waals surface area contributed by atoms with E-state index in [1.54, 1.807) is 12.4 Å². The first kappa shape index (κ1) is 20.5. The van der Waals surface area contributed by atoms with Gasteiger partial charge in [0.2, 0.25) is 0 Å². The molecule has 1 aliphatic rings. The average molecular weight is 364 g/mol. The first-order valence-electron chi connectivity index (χ1n) is 9.25. The predicted octanol–water partition coefficient (Wildman–Crippen LogP) is 2.09. The summed E-state index contributed by atoms with van der Waals surface area (Å²) in [5.41, 5.74) is 2.21. The number of hydrogen-bond donors (Lipinski definition) is 1. The van der Waals surface area contributed by atoms with Crippen molar-refractivity contribution in [3.8, 4) is 0 Å². The fourth-order valence-electron chi connectivity index (χ4n) is 2.88. The van der Waals surface area contributed by atoms with E-state index in [1.165, 1.54) is 12.8 Å². The maximum Gasteiger partial charge on any atom is 0.133 e. The van der Waals surface area contributed by atoms with E-state index < -0.39 is 0 Å². The van der Waals surface area contributed by atoms with Crippen LogP contribution in [-0.2, 0) is 4.79 Å². The van der Waals surface area contributed by atoms with Crippen LogP contribution < -0.4 is 15.8 Å². The second-order valence-corrected chi connectivity index (χ2v) is 6.32. The molecule has 0 amide bonds. The monoisotopic (exact) mass is 364 g/mol. The van der Waals surface area contributed by atoms with Gasteiger partial charge in [0.05, 0.1) is 6.54 Å². The molecular weight excluding hydrogens is 336 g/mol. The van der Waals surface area contributed by atoms with Gasteiger partial charge in [0, 0.05) is 25.6 Å². The van der Waals surface area contributed by atoms with Crippen molar-refractivity contribution in [2.75, 3.05) is 32.0 Å². The Morgan fingerprint density at radius 1 is 1.33 bits per heavy atom. The van der Waals surface area contributed by atoms with E-state index >= 15 is 0 Å². The maximum absolute atomic E-state index is 9.92. The molecule has 0 unspecified atom stereocenters. The quantitative estimate of drug-likeness (QED) is 0.824. The molecule has 3 rings (SSSR count). The summed E-state index contributed by atoms with van der Waals surface area (Å²) in [5.74, 6) is 0.834. The van der Waals surface area contributed by atoms with Crippen LogP contribution >= 0.6 is 0 Å². The van der Waals surface area contributed by atoms with Gasteiger partial charge in [-0.05, 0) is 72.6 Å². The molecule has 2 aromatic rings. The topological polar surface area (TPSA) is 58.1 Å². The van der Waals surface area contributed by atoms with Gasteiger partial charge >= 0.3 is 0 Å². The van der Waals surface area contributed by atoms with E-state index in [2.05, 4.69) is 38.9 Å². The minimum atomic E-state index is 0.639. The van der Waals surface area contributed by atoms with Crippen LogP contribution in [0.1, 0.15) is 25.3 Å². The minimum absolute atomic E-state index is 0.639. The molecule has 0 bridgehead atoms. The number of carbonyl (C=O) groups is 1. The van der Waals surface area contributed by atoms with Crippen molar-refractivity contribution < 1.29 is 4.79 Å². The number of nitrogens with zero attached hydrogens (tertiary/aromatic N) is 3. The van der Waals surface area contributed by atoms with Crippen molar-refractivity contribution >= 4 is 30.3 Å². The van der Waals surface area contributed by atoms with Gasteiger partial charge in [-0.1, -0.05) is 18.7 Å². The van der Waals surface area contributed by atoms with E-state index in [0.29, 0.717) is 6.54 Å². The Balaban J connectivity index is 0.000000273. The van der Waals surface area contributed by atoms with E-state index in [4.69, 9.17) is 0 Å². The van der Waals surface area contributed by atoms with Crippen LogP contribution in [0.5, 0.6) is 0 Å². The van der Waals surface area contributed by atoms with Crippen LogP contribution in [0, 0.1) is 0 Å². The second-order valence-electron chi connectivity index (χ2n) is 6.32. The zero-order chi connectivity index (χ0) is 19.5. The van der Waals surface area contributed by atoms with Crippen molar-refractivity contribution in [1.29, 1.82) is 0 Å². The molecule has 1 N–H and O–H groups in total. The second kappa shape index (κ2) is 11.0. The summed E-state index contributed by atoms with van der Waals surface area (Å²) < 4.78 is 0. The fraction of sp³-hybridized carbons (Fsp3) is 0.318. The minimum Gasteiger partial charge on any atom is -0.373 e. The Bertz CT molecular complexity index is 856. The van der Waals surface area contributed by atoms with E-state index in [-0.39, 0.29) is 0 Å². The summed E-state index contributed by atoms with van der Waals surface area (Å²) in [6.07, 6.45) is 13.1. The first-order valence-corrected chi connectivity index (χ1v) is 9.25. The van der Waals surface area contributed by atoms with Crippen LogP contribution in [-0.4, -0.2) is 47.8 Å². The first-order chi connectivity index (χ1) is 13.2. The van der Waals surface area contributed by atoms with Crippen molar-refractivity contribution in [2.24, 2.45) is 0 Å². The van der Waals surface area contributed by atoms with Crippen molar-refractivity contribution in [3.63, 3.8) is 0 Å². The lowest BCUT2D eigenvalue weighted by Gasteiger charge is -2.07. The molecule has 0 atom stereocenters. The zero-order valence-electron chi connectivity index (χ0n) is 16.2. The van der Waals surface area contributed by atoms with E-state index in [0.717, 1.165) is 46.8 Å². The van der Waals surface area contributed by atoms with Gasteiger partial charge in [0.25, 0.3) is 0 Å². The standard InChI is InChI=1S/C16H17N3.C6H11NO/c1-4-13(14-6-5-7-18-11-14)8-15-9-16(17-3)19-10-12(15)2;8-6-5-7-3-1-2-4-7/h4-11,17H,2H2,1,3H3;6H,1-5H2/b13-4+,15-8-;. The SMILES string of the molecule is C=c1cnc(NC)c/c1=C/C(=C\C)c1cccnc1.O=CCN1CCCC1. The highest BCUT2D eigenvalue weighted by molar-refractivity contribution is 5.87. The molecular formula is C22H28N4O. The molecule has 0 spiro atoms. The summed E-state index contributed by atoms with van der Waals surface area (Å²) >= 11 is 0. The molecule has 27 heavy (non-hydrogen) atoms. The number of pyridine rings is 2. The molecule has 0 aliphatic carbocycles. The number of aromatic nitrogens is 2. The van der Waals surface area contributed by atoms with E-state index in [9.17, 15) is 4.79 Å². The largest absolute Gasteiger partial charge is 0.373 e. The summed E-state index contributed by atoms with van der Waals surface area (Å²) in [7, 11) is 1.85. The van der Waals surface area contributed by atoms with E-state index in [1.807, 2.05) is 38.4 Å². The Morgan fingerprint density at radius 3 is 2.70 bits per heavy atom. The number of nitrogens with one attached hydrogen (secondary N) is 1. The summed E-state index contributed by atoms with van der Waals surface area (Å²) in [4.78, 5) is 20.5. The number of anilines is 1. The van der Waals surface area contributed by atoms with Gasteiger partial charge in [-0.2, -0.15) is 0 Å².